The van der Waals surface area contributed by atoms with Crippen LogP contribution < -0.4 is 9.47 Å². The van der Waals surface area contributed by atoms with Crippen LogP contribution in [0.2, 0.25) is 39.3 Å². The molecule has 214 valence electrons. The predicted molar refractivity (Wildman–Crippen MR) is 174 cm³/mol. The lowest BCUT2D eigenvalue weighted by Gasteiger charge is -2.15. The third-order valence-corrected chi connectivity index (χ3v) is 7.99. The average Bonchev–Trinajstić information content (AvgIpc) is 2.84. The molecule has 0 saturated carbocycles. The Morgan fingerprint density at radius 3 is 1.13 bits per heavy atom. The highest BCUT2D eigenvalue weighted by molar-refractivity contribution is 6.84. The van der Waals surface area contributed by atoms with Crippen LogP contribution in [0.4, 0.5) is 0 Å². The van der Waals surface area contributed by atoms with Gasteiger partial charge in [0.25, 0.3) is 0 Å². The third-order valence-electron chi connectivity index (χ3n) is 6.24. The van der Waals surface area contributed by atoms with Gasteiger partial charge in [-0.3, -0.25) is 0 Å². The van der Waals surface area contributed by atoms with Crippen molar-refractivity contribution in [2.24, 2.45) is 0 Å². The summed E-state index contributed by atoms with van der Waals surface area (Å²) in [7, 11) is -3.05. The number of hydrogen-bond acceptors (Lipinski definition) is 2. The predicted octanol–water partition coefficient (Wildman–Crippen LogP) is 10.4. The van der Waals surface area contributed by atoms with Crippen molar-refractivity contribution in [3.05, 3.63) is 23.3 Å². The number of benzene rings is 1. The zero-order valence-corrected chi connectivity index (χ0v) is 28.3. The zero-order chi connectivity index (χ0) is 28.3. The van der Waals surface area contributed by atoms with Gasteiger partial charge in [0.2, 0.25) is 0 Å². The van der Waals surface area contributed by atoms with Crippen LogP contribution in [0.15, 0.2) is 12.1 Å². The summed E-state index contributed by atoms with van der Waals surface area (Å²) >= 11 is 0. The Morgan fingerprint density at radius 1 is 0.500 bits per heavy atom. The summed E-state index contributed by atoms with van der Waals surface area (Å²) in [5.74, 6) is 8.66. The largest absolute Gasteiger partial charge is 0.492 e. The SMILES string of the molecule is CCCCCCCCCOc1cc(C#C[Si](C)(C)C)c(OCCCCCCCCC)cc1C#C[Si](C)(C)C. The molecule has 0 unspecified atom stereocenters. The van der Waals surface area contributed by atoms with E-state index in [1.54, 1.807) is 0 Å². The van der Waals surface area contributed by atoms with E-state index in [4.69, 9.17) is 9.47 Å². The minimum Gasteiger partial charge on any atom is -0.492 e. The van der Waals surface area contributed by atoms with E-state index in [0.717, 1.165) is 48.7 Å². The van der Waals surface area contributed by atoms with Crippen molar-refractivity contribution in [2.45, 2.75) is 143 Å². The maximum absolute atomic E-state index is 6.35. The van der Waals surface area contributed by atoms with Gasteiger partial charge in [0.05, 0.1) is 24.3 Å². The highest BCUT2D eigenvalue weighted by Gasteiger charge is 2.14. The van der Waals surface area contributed by atoms with Crippen LogP contribution in [-0.4, -0.2) is 29.4 Å². The summed E-state index contributed by atoms with van der Waals surface area (Å²) < 4.78 is 12.7. The van der Waals surface area contributed by atoms with Gasteiger partial charge in [0.15, 0.2) is 0 Å². The maximum Gasteiger partial charge on any atom is 0.136 e. The Morgan fingerprint density at radius 2 is 0.816 bits per heavy atom. The van der Waals surface area contributed by atoms with Gasteiger partial charge in [-0.2, -0.15) is 0 Å². The molecular weight excluding hydrogens is 497 g/mol. The Hall–Kier alpha value is -1.63. The fourth-order valence-corrected chi connectivity index (χ4v) is 5.01. The van der Waals surface area contributed by atoms with E-state index in [1.807, 2.05) is 0 Å². The quantitative estimate of drug-likeness (QED) is 0.102. The molecule has 0 aromatic heterocycles. The van der Waals surface area contributed by atoms with Gasteiger partial charge in [-0.15, -0.1) is 11.1 Å². The first kappa shape index (κ1) is 34.4. The summed E-state index contributed by atoms with van der Waals surface area (Å²) in [5, 5.41) is 0. The molecule has 0 aliphatic carbocycles. The van der Waals surface area contributed by atoms with Crippen molar-refractivity contribution in [1.82, 2.24) is 0 Å². The lowest BCUT2D eigenvalue weighted by molar-refractivity contribution is 0.295. The molecule has 1 aromatic rings. The van der Waals surface area contributed by atoms with E-state index in [9.17, 15) is 0 Å². The van der Waals surface area contributed by atoms with E-state index < -0.39 is 16.1 Å². The lowest BCUT2D eigenvalue weighted by atomic mass is 10.1. The minimum atomic E-state index is -1.52. The Kier molecular flexibility index (Phi) is 17.6. The van der Waals surface area contributed by atoms with Gasteiger partial charge in [0, 0.05) is 12.1 Å². The second kappa shape index (κ2) is 19.4. The lowest BCUT2D eigenvalue weighted by Crippen LogP contribution is -2.16. The fourth-order valence-electron chi connectivity index (χ4n) is 3.99. The first-order valence-corrected chi connectivity index (χ1v) is 22.6. The molecule has 0 saturated heterocycles. The van der Waals surface area contributed by atoms with Crippen LogP contribution in [0, 0.1) is 22.9 Å². The summed E-state index contributed by atoms with van der Waals surface area (Å²) in [6, 6.07) is 4.20. The molecule has 0 bridgehead atoms. The summed E-state index contributed by atoms with van der Waals surface area (Å²) in [6.45, 7) is 19.7. The van der Waals surface area contributed by atoms with Crippen LogP contribution in [0.25, 0.3) is 0 Å². The van der Waals surface area contributed by atoms with Crippen molar-refractivity contribution in [1.29, 1.82) is 0 Å². The second-order valence-electron chi connectivity index (χ2n) is 12.8. The normalized spacial score (nSPS) is 11.4. The highest BCUT2D eigenvalue weighted by Crippen LogP contribution is 2.29. The number of rotatable bonds is 18. The van der Waals surface area contributed by atoms with Gasteiger partial charge in [-0.05, 0) is 12.8 Å². The minimum absolute atomic E-state index is 0.731. The zero-order valence-electron chi connectivity index (χ0n) is 26.3. The molecule has 38 heavy (non-hydrogen) atoms. The second-order valence-corrected chi connectivity index (χ2v) is 22.3. The maximum atomic E-state index is 6.35. The monoisotopic (exact) mass is 554 g/mol. The van der Waals surface area contributed by atoms with E-state index >= 15 is 0 Å². The summed E-state index contributed by atoms with van der Waals surface area (Å²) in [4.78, 5) is 0. The molecule has 4 heteroatoms. The number of ether oxygens (including phenoxy) is 2. The highest BCUT2D eigenvalue weighted by atomic mass is 28.3. The van der Waals surface area contributed by atoms with Crippen molar-refractivity contribution in [3.63, 3.8) is 0 Å². The van der Waals surface area contributed by atoms with Crippen molar-refractivity contribution < 1.29 is 9.47 Å². The van der Waals surface area contributed by atoms with E-state index in [1.165, 1.54) is 77.0 Å². The molecule has 0 spiro atoms. The van der Waals surface area contributed by atoms with Crippen LogP contribution >= 0.6 is 0 Å². The molecule has 0 heterocycles. The fraction of sp³-hybridized carbons (Fsp3) is 0.706. The van der Waals surface area contributed by atoms with Gasteiger partial charge < -0.3 is 9.47 Å². The molecule has 1 aromatic carbocycles. The molecule has 2 nitrogen and oxygen atoms in total. The van der Waals surface area contributed by atoms with Gasteiger partial charge in [-0.1, -0.05) is 142 Å². The van der Waals surface area contributed by atoms with Crippen LogP contribution in [-0.2, 0) is 0 Å². The van der Waals surface area contributed by atoms with Crippen molar-refractivity contribution >= 4 is 16.1 Å². The molecule has 0 radical (unpaired) electrons. The molecule has 0 fully saturated rings. The summed E-state index contributed by atoms with van der Waals surface area (Å²) in [6.07, 6.45) is 17.9. The molecule has 0 amide bonds. The van der Waals surface area contributed by atoms with Crippen LogP contribution in [0.3, 0.4) is 0 Å². The van der Waals surface area contributed by atoms with E-state index in [-0.39, 0.29) is 0 Å². The van der Waals surface area contributed by atoms with Gasteiger partial charge >= 0.3 is 0 Å². The van der Waals surface area contributed by atoms with E-state index in [2.05, 4.69) is 88.2 Å². The standard InChI is InChI=1S/C34H58O2Si2/c1-9-11-13-15-17-19-21-25-35-33-29-32(24-28-38(6,7)8)34(30-31(33)23-27-37(3,4)5)36-26-22-20-18-16-14-12-10-2/h29-30H,9-22,25-26H2,1-8H3. The smallest absolute Gasteiger partial charge is 0.136 e. The van der Waals surface area contributed by atoms with Crippen molar-refractivity contribution in [3.8, 4) is 34.4 Å². The first-order valence-electron chi connectivity index (χ1n) is 15.6. The average molecular weight is 555 g/mol. The van der Waals surface area contributed by atoms with E-state index in [0.29, 0.717) is 0 Å². The molecule has 0 aliphatic rings. The molecule has 0 N–H and O–H groups in total. The number of unbranched alkanes of at least 4 members (excludes halogenated alkanes) is 12. The van der Waals surface area contributed by atoms with Gasteiger partial charge in [0.1, 0.15) is 27.6 Å². The van der Waals surface area contributed by atoms with Gasteiger partial charge in [-0.25, -0.2) is 0 Å². The molecule has 0 atom stereocenters. The Balaban J connectivity index is 3.01. The van der Waals surface area contributed by atoms with Crippen LogP contribution in [0.5, 0.6) is 11.5 Å². The van der Waals surface area contributed by atoms with Crippen LogP contribution in [0.1, 0.15) is 115 Å². The topological polar surface area (TPSA) is 18.5 Å². The number of hydrogen-bond donors (Lipinski definition) is 0. The molecule has 1 rings (SSSR count). The Labute approximate surface area is 239 Å². The van der Waals surface area contributed by atoms with Crippen molar-refractivity contribution in [2.75, 3.05) is 13.2 Å². The molecular formula is C34H58O2Si2. The Bertz CT molecular complexity index is 825. The molecule has 0 aliphatic heterocycles. The first-order chi connectivity index (χ1) is 18.1. The third kappa shape index (κ3) is 17.8. The summed E-state index contributed by atoms with van der Waals surface area (Å²) in [5.41, 5.74) is 8.97.